The smallest absolute Gasteiger partial charge is 0.0731 e. The fourth-order valence-electron chi connectivity index (χ4n) is 3.15. The summed E-state index contributed by atoms with van der Waals surface area (Å²) in [5.74, 6) is 0.907. The molecule has 3 aliphatic rings. The molecule has 0 spiro atoms. The SMILES string of the molecule is C1C[C@H]2C[C@H]3CCO[C@@H]3CN2C1. The van der Waals surface area contributed by atoms with Gasteiger partial charge in [-0.3, -0.25) is 4.90 Å². The molecule has 2 heteroatoms. The maximum atomic E-state index is 5.72. The number of hydrogen-bond acceptors (Lipinski definition) is 2. The molecule has 0 unspecified atom stereocenters. The van der Waals surface area contributed by atoms with Crippen molar-refractivity contribution in [1.29, 1.82) is 0 Å². The second-order valence-electron chi connectivity index (χ2n) is 4.48. The van der Waals surface area contributed by atoms with E-state index in [2.05, 4.69) is 4.90 Å². The van der Waals surface area contributed by atoms with Crippen molar-refractivity contribution in [1.82, 2.24) is 4.90 Å². The van der Waals surface area contributed by atoms with Gasteiger partial charge in [0.05, 0.1) is 6.10 Å². The Morgan fingerprint density at radius 3 is 3.25 bits per heavy atom. The molecule has 0 amide bonds. The van der Waals surface area contributed by atoms with Crippen molar-refractivity contribution in [2.24, 2.45) is 5.92 Å². The molecular weight excluding hydrogens is 150 g/mol. The summed E-state index contributed by atoms with van der Waals surface area (Å²) in [6, 6.07) is 0.924. The molecule has 3 rings (SSSR count). The average molecular weight is 167 g/mol. The minimum absolute atomic E-state index is 0.597. The molecule has 0 aromatic rings. The van der Waals surface area contributed by atoms with Crippen molar-refractivity contribution < 1.29 is 4.74 Å². The third-order valence-corrected chi connectivity index (χ3v) is 3.83. The normalized spacial score (nSPS) is 47.5. The van der Waals surface area contributed by atoms with Crippen LogP contribution in [0.1, 0.15) is 25.7 Å². The maximum Gasteiger partial charge on any atom is 0.0731 e. The highest BCUT2D eigenvalue weighted by Gasteiger charge is 2.40. The summed E-state index contributed by atoms with van der Waals surface area (Å²) in [5, 5.41) is 0. The first-order chi connectivity index (χ1) is 5.93. The Labute approximate surface area is 73.9 Å². The molecule has 0 aromatic heterocycles. The summed E-state index contributed by atoms with van der Waals surface area (Å²) < 4.78 is 5.72. The summed E-state index contributed by atoms with van der Waals surface area (Å²) in [6.07, 6.45) is 6.21. The predicted octanol–water partition coefficient (Wildman–Crippen LogP) is 1.26. The van der Waals surface area contributed by atoms with Gasteiger partial charge in [0.2, 0.25) is 0 Å². The highest BCUT2D eigenvalue weighted by atomic mass is 16.5. The summed E-state index contributed by atoms with van der Waals surface area (Å²) >= 11 is 0. The number of fused-ring (bicyclic) bond motifs is 2. The molecule has 3 aliphatic heterocycles. The second kappa shape index (κ2) is 2.71. The highest BCUT2D eigenvalue weighted by molar-refractivity contribution is 4.93. The highest BCUT2D eigenvalue weighted by Crippen LogP contribution is 2.36. The summed E-state index contributed by atoms with van der Waals surface area (Å²) in [7, 11) is 0. The number of rotatable bonds is 0. The first-order valence-electron chi connectivity index (χ1n) is 5.29. The van der Waals surface area contributed by atoms with Crippen LogP contribution in [-0.2, 0) is 4.74 Å². The van der Waals surface area contributed by atoms with Crippen LogP contribution in [0, 0.1) is 5.92 Å². The van der Waals surface area contributed by atoms with Gasteiger partial charge in [-0.2, -0.15) is 0 Å². The Morgan fingerprint density at radius 1 is 1.25 bits per heavy atom. The van der Waals surface area contributed by atoms with Crippen LogP contribution in [0.2, 0.25) is 0 Å². The van der Waals surface area contributed by atoms with E-state index >= 15 is 0 Å². The maximum absolute atomic E-state index is 5.72. The van der Waals surface area contributed by atoms with Crippen LogP contribution in [0.15, 0.2) is 0 Å². The van der Waals surface area contributed by atoms with E-state index < -0.39 is 0 Å². The Kier molecular flexibility index (Phi) is 1.66. The average Bonchev–Trinajstić information content (AvgIpc) is 2.64. The van der Waals surface area contributed by atoms with Gasteiger partial charge in [-0.05, 0) is 38.1 Å². The van der Waals surface area contributed by atoms with E-state index in [9.17, 15) is 0 Å². The van der Waals surface area contributed by atoms with Gasteiger partial charge in [0.15, 0.2) is 0 Å². The lowest BCUT2D eigenvalue weighted by Gasteiger charge is -2.36. The molecule has 2 nitrogen and oxygen atoms in total. The Hall–Kier alpha value is -0.0800. The minimum atomic E-state index is 0.597. The van der Waals surface area contributed by atoms with Gasteiger partial charge in [-0.25, -0.2) is 0 Å². The minimum Gasteiger partial charge on any atom is -0.377 e. The van der Waals surface area contributed by atoms with Crippen molar-refractivity contribution >= 4 is 0 Å². The lowest BCUT2D eigenvalue weighted by Crippen LogP contribution is -2.45. The van der Waals surface area contributed by atoms with Crippen LogP contribution in [0.25, 0.3) is 0 Å². The fraction of sp³-hybridized carbons (Fsp3) is 1.00. The molecule has 3 heterocycles. The lowest BCUT2D eigenvalue weighted by molar-refractivity contribution is 0.0149. The topological polar surface area (TPSA) is 12.5 Å². The van der Waals surface area contributed by atoms with Gasteiger partial charge in [0, 0.05) is 19.2 Å². The lowest BCUT2D eigenvalue weighted by atomic mass is 9.88. The van der Waals surface area contributed by atoms with Crippen molar-refractivity contribution in [3.8, 4) is 0 Å². The van der Waals surface area contributed by atoms with Gasteiger partial charge in [0.25, 0.3) is 0 Å². The fourth-order valence-corrected chi connectivity index (χ4v) is 3.15. The van der Waals surface area contributed by atoms with E-state index in [0.717, 1.165) is 18.6 Å². The van der Waals surface area contributed by atoms with E-state index in [1.165, 1.54) is 38.8 Å². The molecule has 12 heavy (non-hydrogen) atoms. The van der Waals surface area contributed by atoms with Crippen molar-refractivity contribution in [2.75, 3.05) is 19.7 Å². The van der Waals surface area contributed by atoms with Crippen LogP contribution in [0.4, 0.5) is 0 Å². The van der Waals surface area contributed by atoms with Crippen LogP contribution < -0.4 is 0 Å². The Bertz CT molecular complexity index is 147. The summed E-state index contributed by atoms with van der Waals surface area (Å²) in [6.45, 7) is 3.59. The van der Waals surface area contributed by atoms with Crippen LogP contribution in [0.3, 0.4) is 0 Å². The monoisotopic (exact) mass is 167 g/mol. The summed E-state index contributed by atoms with van der Waals surface area (Å²) in [5.41, 5.74) is 0. The molecule has 0 aromatic carbocycles. The number of ether oxygens (including phenoxy) is 1. The van der Waals surface area contributed by atoms with E-state index in [-0.39, 0.29) is 0 Å². The molecule has 3 fully saturated rings. The molecule has 0 saturated carbocycles. The van der Waals surface area contributed by atoms with E-state index in [1.54, 1.807) is 0 Å². The zero-order chi connectivity index (χ0) is 7.97. The molecule has 3 saturated heterocycles. The Balaban J connectivity index is 1.75. The van der Waals surface area contributed by atoms with E-state index in [1.807, 2.05) is 0 Å². The van der Waals surface area contributed by atoms with Crippen molar-refractivity contribution in [3.05, 3.63) is 0 Å². The molecule has 0 N–H and O–H groups in total. The van der Waals surface area contributed by atoms with E-state index in [4.69, 9.17) is 4.74 Å². The first kappa shape index (κ1) is 7.34. The van der Waals surface area contributed by atoms with Crippen LogP contribution in [-0.4, -0.2) is 36.7 Å². The number of nitrogens with zero attached hydrogens (tertiary/aromatic N) is 1. The first-order valence-corrected chi connectivity index (χ1v) is 5.29. The molecule has 0 radical (unpaired) electrons. The molecule has 0 bridgehead atoms. The molecule has 0 aliphatic carbocycles. The van der Waals surface area contributed by atoms with Crippen LogP contribution in [0.5, 0.6) is 0 Å². The second-order valence-corrected chi connectivity index (χ2v) is 4.48. The van der Waals surface area contributed by atoms with Gasteiger partial charge in [0.1, 0.15) is 0 Å². The van der Waals surface area contributed by atoms with Gasteiger partial charge in [-0.1, -0.05) is 0 Å². The van der Waals surface area contributed by atoms with Gasteiger partial charge < -0.3 is 4.74 Å². The number of hydrogen-bond donors (Lipinski definition) is 0. The third-order valence-electron chi connectivity index (χ3n) is 3.83. The van der Waals surface area contributed by atoms with E-state index in [0.29, 0.717) is 6.10 Å². The van der Waals surface area contributed by atoms with Crippen molar-refractivity contribution in [3.63, 3.8) is 0 Å². The van der Waals surface area contributed by atoms with Gasteiger partial charge in [-0.15, -0.1) is 0 Å². The predicted molar refractivity (Wildman–Crippen MR) is 47.1 cm³/mol. The van der Waals surface area contributed by atoms with Crippen LogP contribution >= 0.6 is 0 Å². The quantitative estimate of drug-likeness (QED) is 0.538. The van der Waals surface area contributed by atoms with Crippen molar-refractivity contribution in [2.45, 2.75) is 37.8 Å². The number of piperidine rings is 1. The third kappa shape index (κ3) is 1.01. The Morgan fingerprint density at radius 2 is 2.25 bits per heavy atom. The zero-order valence-electron chi connectivity index (χ0n) is 7.54. The van der Waals surface area contributed by atoms with Gasteiger partial charge >= 0.3 is 0 Å². The zero-order valence-corrected chi connectivity index (χ0v) is 7.54. The summed E-state index contributed by atoms with van der Waals surface area (Å²) in [4.78, 5) is 2.65. The molecule has 3 atom stereocenters. The standard InChI is InChI=1S/C10H17NO/c1-2-9-6-8-3-5-12-10(8)7-11(9)4-1/h8-10H,1-7H2/t8-,9+,10-/m1/s1. The molecule has 68 valence electrons. The molecular formula is C10H17NO. The largest absolute Gasteiger partial charge is 0.377 e.